The molecule has 1 aromatic heterocycles. The summed E-state index contributed by atoms with van der Waals surface area (Å²) in [4.78, 5) is 2.57. The molecule has 0 unspecified atom stereocenters. The van der Waals surface area contributed by atoms with Gasteiger partial charge in [0.2, 0.25) is 0 Å². The highest BCUT2D eigenvalue weighted by atomic mass is 35.5. The van der Waals surface area contributed by atoms with Crippen molar-refractivity contribution in [1.29, 1.82) is 5.26 Å². The van der Waals surface area contributed by atoms with E-state index in [0.717, 1.165) is 12.4 Å². The van der Waals surface area contributed by atoms with Crippen LogP contribution in [0.3, 0.4) is 0 Å². The summed E-state index contributed by atoms with van der Waals surface area (Å²) < 4.78 is 33.3. The van der Waals surface area contributed by atoms with Gasteiger partial charge in [-0.05, 0) is 0 Å². The second kappa shape index (κ2) is 3.28. The van der Waals surface area contributed by atoms with Crippen molar-refractivity contribution in [2.24, 2.45) is 0 Å². The number of hydrogen-bond acceptors (Lipinski definition) is 4. The highest BCUT2D eigenvalue weighted by molar-refractivity contribution is 7.86. The molecule has 0 aliphatic heterocycles. The Bertz CT molecular complexity index is 480. The van der Waals surface area contributed by atoms with Crippen molar-refractivity contribution in [2.45, 2.75) is 4.90 Å². The van der Waals surface area contributed by atoms with Gasteiger partial charge in [0, 0.05) is 12.4 Å². The Hall–Kier alpha value is -1.19. The Balaban J connectivity index is 3.53. The molecule has 0 N–H and O–H groups in total. The van der Waals surface area contributed by atoms with Gasteiger partial charge in [-0.15, -0.1) is 3.89 Å². The van der Waals surface area contributed by atoms with E-state index in [1.807, 2.05) is 0 Å². The van der Waals surface area contributed by atoms with Crippen LogP contribution in [-0.2, 0) is 10.2 Å². The molecule has 0 saturated heterocycles. The van der Waals surface area contributed by atoms with E-state index in [4.69, 9.17) is 16.9 Å². The number of nitriles is 1. The van der Waals surface area contributed by atoms with Crippen LogP contribution in [0, 0.1) is 11.3 Å². The first-order valence-electron chi connectivity index (χ1n) is 2.95. The molecule has 7 heteroatoms. The van der Waals surface area contributed by atoms with Crippen LogP contribution in [0.5, 0.6) is 0 Å². The maximum Gasteiger partial charge on any atom is 0.335 e. The van der Waals surface area contributed by atoms with Gasteiger partial charge < -0.3 is 0 Å². The number of halogens is 2. The van der Waals surface area contributed by atoms with Crippen LogP contribution in [0.2, 0.25) is 5.02 Å². The normalized spacial score (nSPS) is 10.8. The van der Waals surface area contributed by atoms with Gasteiger partial charge in [0.1, 0.15) is 11.0 Å². The molecule has 0 bridgehead atoms. The molecule has 0 atom stereocenters. The average Bonchev–Trinajstić information content (AvgIpc) is 2.02. The highest BCUT2D eigenvalue weighted by Crippen LogP contribution is 2.24. The zero-order valence-electron chi connectivity index (χ0n) is 6.03. The van der Waals surface area contributed by atoms with Crippen molar-refractivity contribution >= 4 is 21.8 Å². The lowest BCUT2D eigenvalue weighted by molar-refractivity contribution is 0.551. The smallest absolute Gasteiger partial charge is 0.262 e. The maximum absolute atomic E-state index is 12.4. The zero-order chi connectivity index (χ0) is 10.1. The van der Waals surface area contributed by atoms with Gasteiger partial charge in [0.05, 0.1) is 10.6 Å². The molecule has 0 saturated carbocycles. The van der Waals surface area contributed by atoms with E-state index in [9.17, 15) is 12.3 Å². The first-order chi connectivity index (χ1) is 5.96. The Kier molecular flexibility index (Phi) is 2.50. The summed E-state index contributed by atoms with van der Waals surface area (Å²) >= 11 is 5.41. The molecule has 0 spiro atoms. The molecule has 0 aliphatic rings. The third-order valence-corrected chi connectivity index (χ3v) is 2.59. The third kappa shape index (κ3) is 1.94. The lowest BCUT2D eigenvalue weighted by atomic mass is 10.3. The molecular weight excluding hydrogens is 219 g/mol. The quantitative estimate of drug-likeness (QED) is 0.668. The summed E-state index contributed by atoms with van der Waals surface area (Å²) in [7, 11) is -4.91. The topological polar surface area (TPSA) is 70.8 Å². The number of hydrogen-bond donors (Lipinski definition) is 0. The predicted molar refractivity (Wildman–Crippen MR) is 42.3 cm³/mol. The van der Waals surface area contributed by atoms with Crippen molar-refractivity contribution in [2.75, 3.05) is 0 Å². The van der Waals surface area contributed by atoms with E-state index >= 15 is 0 Å². The molecular formula is C6H2ClFN2O2S. The number of pyridine rings is 1. The highest BCUT2D eigenvalue weighted by Gasteiger charge is 2.19. The molecule has 0 aliphatic carbocycles. The van der Waals surface area contributed by atoms with Crippen LogP contribution < -0.4 is 0 Å². The van der Waals surface area contributed by atoms with E-state index in [1.165, 1.54) is 0 Å². The predicted octanol–water partition coefficient (Wildman–Crippen LogP) is 1.26. The van der Waals surface area contributed by atoms with Gasteiger partial charge in [-0.25, -0.2) is 0 Å². The lowest BCUT2D eigenvalue weighted by Gasteiger charge is -1.98. The summed E-state index contributed by atoms with van der Waals surface area (Å²) in [5.41, 5.74) is -0.180. The Morgan fingerprint density at radius 1 is 1.54 bits per heavy atom. The van der Waals surface area contributed by atoms with E-state index in [1.54, 1.807) is 6.07 Å². The van der Waals surface area contributed by atoms with Crippen LogP contribution in [0.1, 0.15) is 5.56 Å². The van der Waals surface area contributed by atoms with E-state index in [-0.39, 0.29) is 5.56 Å². The fourth-order valence-electron chi connectivity index (χ4n) is 0.674. The zero-order valence-corrected chi connectivity index (χ0v) is 7.60. The minimum Gasteiger partial charge on any atom is -0.262 e. The average molecular weight is 221 g/mol. The second-order valence-electron chi connectivity index (χ2n) is 2.05. The van der Waals surface area contributed by atoms with Crippen molar-refractivity contribution in [1.82, 2.24) is 4.98 Å². The second-order valence-corrected chi connectivity index (χ2v) is 3.74. The number of aromatic nitrogens is 1. The monoisotopic (exact) mass is 220 g/mol. The van der Waals surface area contributed by atoms with Gasteiger partial charge in [-0.1, -0.05) is 11.6 Å². The molecule has 1 aromatic rings. The van der Waals surface area contributed by atoms with Crippen LogP contribution in [-0.4, -0.2) is 13.4 Å². The van der Waals surface area contributed by atoms with Crippen molar-refractivity contribution in [3.8, 4) is 6.07 Å². The van der Waals surface area contributed by atoms with Gasteiger partial charge in [-0.2, -0.15) is 13.7 Å². The van der Waals surface area contributed by atoms with Gasteiger partial charge in [0.15, 0.2) is 0 Å². The Morgan fingerprint density at radius 2 is 2.15 bits per heavy atom. The molecule has 4 nitrogen and oxygen atoms in total. The largest absolute Gasteiger partial charge is 0.335 e. The summed E-state index contributed by atoms with van der Waals surface area (Å²) in [5.74, 6) is 0. The van der Waals surface area contributed by atoms with Crippen LogP contribution in [0.15, 0.2) is 17.3 Å². The Labute approximate surface area is 78.8 Å². The minimum atomic E-state index is -4.91. The van der Waals surface area contributed by atoms with Crippen molar-refractivity contribution in [3.05, 3.63) is 23.0 Å². The van der Waals surface area contributed by atoms with Crippen molar-refractivity contribution < 1.29 is 12.3 Å². The summed E-state index contributed by atoms with van der Waals surface area (Å²) in [6, 6.07) is 1.58. The van der Waals surface area contributed by atoms with Crippen LogP contribution in [0.25, 0.3) is 0 Å². The van der Waals surface area contributed by atoms with Gasteiger partial charge in [-0.3, -0.25) is 4.98 Å². The molecule has 0 fully saturated rings. The third-order valence-electron chi connectivity index (χ3n) is 1.23. The Morgan fingerprint density at radius 3 is 2.62 bits per heavy atom. The first-order valence-corrected chi connectivity index (χ1v) is 4.71. The summed E-state index contributed by atoms with van der Waals surface area (Å²) in [5, 5.41) is 7.97. The van der Waals surface area contributed by atoms with Crippen LogP contribution in [0.4, 0.5) is 3.89 Å². The molecule has 0 aromatic carbocycles. The van der Waals surface area contributed by atoms with Crippen molar-refractivity contribution in [3.63, 3.8) is 0 Å². The standard InChI is InChI=1S/C6H2ClFN2O2S/c7-6-4(1-9)2-10-3-5(6)13(8,11)12/h2-3H. The first kappa shape index (κ1) is 9.89. The maximum atomic E-state index is 12.4. The fourth-order valence-corrected chi connectivity index (χ4v) is 1.60. The summed E-state index contributed by atoms with van der Waals surface area (Å²) in [6.07, 6.45) is 1.80. The molecule has 13 heavy (non-hydrogen) atoms. The molecule has 68 valence electrons. The van der Waals surface area contributed by atoms with E-state index in [2.05, 4.69) is 4.98 Å². The molecule has 1 heterocycles. The van der Waals surface area contributed by atoms with Gasteiger partial charge in [0.25, 0.3) is 0 Å². The molecule has 0 amide bonds. The number of rotatable bonds is 1. The SMILES string of the molecule is N#Cc1cncc(S(=O)(=O)F)c1Cl. The minimum absolute atomic E-state index is 0.180. The summed E-state index contributed by atoms with van der Waals surface area (Å²) in [6.45, 7) is 0. The van der Waals surface area contributed by atoms with Crippen LogP contribution >= 0.6 is 11.6 Å². The molecule has 1 rings (SSSR count). The fraction of sp³-hybridized carbons (Fsp3) is 0. The van der Waals surface area contributed by atoms with E-state index < -0.39 is 20.1 Å². The number of nitrogens with zero attached hydrogens (tertiary/aromatic N) is 2. The lowest BCUT2D eigenvalue weighted by Crippen LogP contribution is -1.96. The molecule has 0 radical (unpaired) electrons. The van der Waals surface area contributed by atoms with Gasteiger partial charge >= 0.3 is 10.2 Å². The van der Waals surface area contributed by atoms with E-state index in [0.29, 0.717) is 0 Å².